The maximum atomic E-state index is 12.5. The van der Waals surface area contributed by atoms with E-state index in [1.54, 1.807) is 6.20 Å². The van der Waals surface area contributed by atoms with Crippen LogP contribution in [0, 0.1) is 11.8 Å². The van der Waals surface area contributed by atoms with Crippen LogP contribution in [0.1, 0.15) is 45.1 Å². The third-order valence-electron chi connectivity index (χ3n) is 6.37. The monoisotopic (exact) mass is 387 g/mol. The van der Waals surface area contributed by atoms with Gasteiger partial charge in [0, 0.05) is 17.6 Å². The van der Waals surface area contributed by atoms with E-state index in [1.165, 1.54) is 0 Å². The van der Waals surface area contributed by atoms with Crippen molar-refractivity contribution >= 4 is 37.9 Å². The summed E-state index contributed by atoms with van der Waals surface area (Å²) in [6.45, 7) is 2.18. The van der Waals surface area contributed by atoms with E-state index in [-0.39, 0.29) is 17.2 Å². The highest BCUT2D eigenvalue weighted by atomic mass is 32.2. The molecule has 0 aromatic carbocycles. The summed E-state index contributed by atoms with van der Waals surface area (Å²) in [7, 11) is -2.94. The summed E-state index contributed by atoms with van der Waals surface area (Å²) < 4.78 is 27.1. The average molecular weight is 388 g/mol. The van der Waals surface area contributed by atoms with Crippen LogP contribution in [0.15, 0.2) is 18.5 Å². The quantitative estimate of drug-likeness (QED) is 0.700. The van der Waals surface area contributed by atoms with Crippen LogP contribution in [-0.2, 0) is 9.84 Å². The molecule has 3 aromatic rings. The Hall–Kier alpha value is -2.09. The first-order valence-electron chi connectivity index (χ1n) is 9.79. The van der Waals surface area contributed by atoms with Gasteiger partial charge in [-0.05, 0) is 43.6 Å². The van der Waals surface area contributed by atoms with Crippen LogP contribution in [0.25, 0.3) is 22.1 Å². The number of aromatic amines is 1. The van der Waals surface area contributed by atoms with Crippen molar-refractivity contribution in [3.8, 4) is 0 Å². The Labute approximate surface area is 158 Å². The minimum absolute atomic E-state index is 0.0821. The van der Waals surface area contributed by atoms with Crippen LogP contribution in [-0.4, -0.2) is 38.9 Å². The molecule has 8 heteroatoms. The second kappa shape index (κ2) is 5.95. The van der Waals surface area contributed by atoms with E-state index in [0.717, 1.165) is 54.2 Å². The molecule has 3 aromatic heterocycles. The van der Waals surface area contributed by atoms with Gasteiger partial charge in [-0.15, -0.1) is 0 Å². The van der Waals surface area contributed by atoms with Crippen molar-refractivity contribution in [2.75, 3.05) is 11.5 Å². The molecule has 3 heterocycles. The van der Waals surface area contributed by atoms with Gasteiger partial charge in [0.05, 0.1) is 22.7 Å². The van der Waals surface area contributed by atoms with Crippen molar-refractivity contribution in [2.45, 2.75) is 50.3 Å². The van der Waals surface area contributed by atoms with Gasteiger partial charge in [-0.25, -0.2) is 18.4 Å². The molecule has 2 fully saturated rings. The normalized spacial score (nSPS) is 26.3. The Balaban J connectivity index is 1.55. The number of hydrogen-bond acceptors (Lipinski definition) is 5. The summed E-state index contributed by atoms with van der Waals surface area (Å²) in [6, 6.07) is 2.19. The van der Waals surface area contributed by atoms with E-state index >= 15 is 0 Å². The van der Waals surface area contributed by atoms with Crippen molar-refractivity contribution < 1.29 is 8.42 Å². The summed E-state index contributed by atoms with van der Waals surface area (Å²) in [5.74, 6) is 1.42. The number of fused-ring (bicyclic) bond motifs is 3. The molecule has 0 spiro atoms. The van der Waals surface area contributed by atoms with E-state index in [2.05, 4.69) is 26.4 Å². The first kappa shape index (κ1) is 17.0. The summed E-state index contributed by atoms with van der Waals surface area (Å²) in [5.41, 5.74) is 8.96. The minimum Gasteiger partial charge on any atom is -0.369 e. The number of H-pyrrole nitrogens is 1. The number of hydrogen-bond donors (Lipinski definition) is 2. The van der Waals surface area contributed by atoms with Crippen LogP contribution >= 0.6 is 0 Å². The Morgan fingerprint density at radius 1 is 1.33 bits per heavy atom. The molecule has 0 aliphatic heterocycles. The summed E-state index contributed by atoms with van der Waals surface area (Å²) >= 11 is 0. The SMILES string of the molecule is CC[C@@H]1C[C@H](CS(=O)(=O)C2CC2)C[C@@H]1n1c(N)nc2cnc3[nH]ccc3c21. The molecule has 0 bridgehead atoms. The van der Waals surface area contributed by atoms with Crippen molar-refractivity contribution in [1.82, 2.24) is 19.5 Å². The number of nitrogen functional groups attached to an aromatic ring is 1. The molecule has 0 amide bonds. The zero-order valence-electron chi connectivity index (χ0n) is 15.4. The Bertz CT molecular complexity index is 1110. The topological polar surface area (TPSA) is 107 Å². The second-order valence-electron chi connectivity index (χ2n) is 8.17. The van der Waals surface area contributed by atoms with Gasteiger partial charge < -0.3 is 15.3 Å². The van der Waals surface area contributed by atoms with E-state index < -0.39 is 9.84 Å². The highest BCUT2D eigenvalue weighted by Gasteiger charge is 2.42. The van der Waals surface area contributed by atoms with Gasteiger partial charge in [-0.3, -0.25) is 0 Å². The molecule has 0 unspecified atom stereocenters. The van der Waals surface area contributed by atoms with Crippen LogP contribution in [0.3, 0.4) is 0 Å². The van der Waals surface area contributed by atoms with E-state index in [4.69, 9.17) is 5.73 Å². The van der Waals surface area contributed by atoms with Crippen LogP contribution in [0.4, 0.5) is 5.95 Å². The first-order valence-corrected chi connectivity index (χ1v) is 11.5. The highest BCUT2D eigenvalue weighted by Crippen LogP contribution is 2.46. The lowest BCUT2D eigenvalue weighted by Gasteiger charge is -2.21. The molecular formula is C19H25N5O2S. The van der Waals surface area contributed by atoms with Crippen LogP contribution in [0.2, 0.25) is 0 Å². The number of nitrogens with zero attached hydrogens (tertiary/aromatic N) is 3. The largest absolute Gasteiger partial charge is 0.369 e. The molecular weight excluding hydrogens is 362 g/mol. The third-order valence-corrected chi connectivity index (χ3v) is 8.80. The van der Waals surface area contributed by atoms with Crippen molar-refractivity contribution in [3.05, 3.63) is 18.5 Å². The molecule has 2 saturated carbocycles. The number of aromatic nitrogens is 4. The fourth-order valence-electron chi connectivity index (χ4n) is 4.94. The van der Waals surface area contributed by atoms with Gasteiger partial charge in [0.15, 0.2) is 9.84 Å². The van der Waals surface area contributed by atoms with Crippen LogP contribution in [0.5, 0.6) is 0 Å². The molecule has 7 nitrogen and oxygen atoms in total. The zero-order valence-corrected chi connectivity index (χ0v) is 16.2. The van der Waals surface area contributed by atoms with Crippen LogP contribution < -0.4 is 5.73 Å². The zero-order chi connectivity index (χ0) is 18.8. The molecule has 144 valence electrons. The van der Waals surface area contributed by atoms with Gasteiger partial charge in [-0.1, -0.05) is 13.3 Å². The van der Waals surface area contributed by atoms with Gasteiger partial charge >= 0.3 is 0 Å². The Morgan fingerprint density at radius 3 is 2.89 bits per heavy atom. The van der Waals surface area contributed by atoms with E-state index in [0.29, 0.717) is 17.6 Å². The van der Waals surface area contributed by atoms with E-state index in [1.807, 2.05) is 12.3 Å². The van der Waals surface area contributed by atoms with Gasteiger partial charge in [0.25, 0.3) is 0 Å². The number of nitrogens with one attached hydrogen (secondary N) is 1. The summed E-state index contributed by atoms with van der Waals surface area (Å²) in [5, 5.41) is 0.932. The lowest BCUT2D eigenvalue weighted by atomic mass is 10.00. The predicted octanol–water partition coefficient (Wildman–Crippen LogP) is 3.05. The smallest absolute Gasteiger partial charge is 0.201 e. The number of nitrogens with two attached hydrogens (primary N) is 1. The number of sulfone groups is 1. The first-order chi connectivity index (χ1) is 13.0. The maximum Gasteiger partial charge on any atom is 0.201 e. The molecule has 2 aliphatic carbocycles. The fourth-order valence-corrected chi connectivity index (χ4v) is 7.00. The highest BCUT2D eigenvalue weighted by molar-refractivity contribution is 7.92. The Kier molecular flexibility index (Phi) is 3.76. The average Bonchev–Trinajstić information content (AvgIpc) is 3.13. The molecule has 0 saturated heterocycles. The molecule has 3 N–H and O–H groups in total. The molecule has 0 radical (unpaired) electrons. The number of rotatable bonds is 5. The standard InChI is InChI=1S/C19H25N5O2S/c1-2-12-7-11(10-27(25,26)13-3-4-13)8-16(12)24-17-14-5-6-21-18(14)22-9-15(17)23-19(24)20/h5-6,9,11-13,16H,2-4,7-8,10H2,1H3,(H2,20,23)(H,21,22)/t11-,12+,16-/m0/s1. The fraction of sp³-hybridized carbons (Fsp3) is 0.579. The number of pyridine rings is 1. The molecule has 5 rings (SSSR count). The lowest BCUT2D eigenvalue weighted by Crippen LogP contribution is -2.18. The predicted molar refractivity (Wildman–Crippen MR) is 106 cm³/mol. The number of imidazole rings is 1. The molecule has 2 aliphatic rings. The summed E-state index contributed by atoms with van der Waals surface area (Å²) in [6.07, 6.45) is 8.10. The second-order valence-corrected chi connectivity index (χ2v) is 10.5. The molecule has 3 atom stereocenters. The summed E-state index contributed by atoms with van der Waals surface area (Å²) in [4.78, 5) is 12.1. The van der Waals surface area contributed by atoms with Gasteiger partial charge in [0.1, 0.15) is 11.2 Å². The third kappa shape index (κ3) is 2.72. The minimum atomic E-state index is -2.94. The van der Waals surface area contributed by atoms with Gasteiger partial charge in [0.2, 0.25) is 5.95 Å². The maximum absolute atomic E-state index is 12.5. The van der Waals surface area contributed by atoms with Crippen molar-refractivity contribution in [2.24, 2.45) is 11.8 Å². The lowest BCUT2D eigenvalue weighted by molar-refractivity contribution is 0.381. The van der Waals surface area contributed by atoms with Gasteiger partial charge in [-0.2, -0.15) is 0 Å². The number of anilines is 1. The van der Waals surface area contributed by atoms with Crippen molar-refractivity contribution in [3.63, 3.8) is 0 Å². The van der Waals surface area contributed by atoms with Crippen molar-refractivity contribution in [1.29, 1.82) is 0 Å². The molecule has 27 heavy (non-hydrogen) atoms. The van der Waals surface area contributed by atoms with E-state index in [9.17, 15) is 8.42 Å². The Morgan fingerprint density at radius 2 is 2.15 bits per heavy atom.